The van der Waals surface area contributed by atoms with Gasteiger partial charge in [-0.1, -0.05) is 11.3 Å². The summed E-state index contributed by atoms with van der Waals surface area (Å²) in [6.45, 7) is 1.92. The van der Waals surface area contributed by atoms with E-state index in [2.05, 4.69) is 15.3 Å². The van der Waals surface area contributed by atoms with Crippen molar-refractivity contribution < 1.29 is 9.53 Å². The normalized spacial score (nSPS) is 11.0. The summed E-state index contributed by atoms with van der Waals surface area (Å²) < 4.78 is 7.13. The van der Waals surface area contributed by atoms with Gasteiger partial charge >= 0.3 is 0 Å². The summed E-state index contributed by atoms with van der Waals surface area (Å²) in [5, 5.41) is 5.23. The molecule has 0 aliphatic rings. The predicted octanol–water partition coefficient (Wildman–Crippen LogP) is 4.09. The number of rotatable bonds is 4. The maximum absolute atomic E-state index is 12.4. The molecular formula is C17H14N4O2S2. The van der Waals surface area contributed by atoms with Gasteiger partial charge in [-0.2, -0.15) is 0 Å². The lowest BCUT2D eigenvalue weighted by Gasteiger charge is -2.01. The summed E-state index contributed by atoms with van der Waals surface area (Å²) in [7, 11) is 1.64. The number of ether oxygens (including phenoxy) is 1. The van der Waals surface area contributed by atoms with Crippen LogP contribution in [0.3, 0.4) is 0 Å². The number of hydrogen-bond donors (Lipinski definition) is 1. The van der Waals surface area contributed by atoms with Crippen LogP contribution in [0.2, 0.25) is 0 Å². The molecule has 1 N–H and O–H groups in total. The lowest BCUT2D eigenvalue weighted by Crippen LogP contribution is -2.11. The average Bonchev–Trinajstić information content (AvgIpc) is 3.33. The number of aryl methyl sites for hydroxylation is 1. The van der Waals surface area contributed by atoms with E-state index in [0.29, 0.717) is 10.0 Å². The Hall–Kier alpha value is -2.71. The second-order valence-electron chi connectivity index (χ2n) is 5.32. The Bertz CT molecular complexity index is 1030. The molecule has 0 saturated heterocycles. The fourth-order valence-electron chi connectivity index (χ4n) is 2.50. The largest absolute Gasteiger partial charge is 0.497 e. The molecule has 6 nitrogen and oxygen atoms in total. The fourth-order valence-corrected chi connectivity index (χ4v) is 4.03. The lowest BCUT2D eigenvalue weighted by atomic mass is 10.2. The second-order valence-corrected chi connectivity index (χ2v) is 7.19. The van der Waals surface area contributed by atoms with Crippen LogP contribution in [0.4, 0.5) is 5.13 Å². The summed E-state index contributed by atoms with van der Waals surface area (Å²) in [5.41, 5.74) is 2.73. The van der Waals surface area contributed by atoms with Crippen molar-refractivity contribution in [3.63, 3.8) is 0 Å². The van der Waals surface area contributed by atoms with Crippen LogP contribution in [-0.2, 0) is 0 Å². The molecule has 0 aliphatic heterocycles. The van der Waals surface area contributed by atoms with E-state index in [1.807, 2.05) is 47.2 Å². The lowest BCUT2D eigenvalue weighted by molar-refractivity contribution is 0.102. The number of nitrogens with zero attached hydrogens (tertiary/aromatic N) is 3. The number of hydrogen-bond acceptors (Lipinski definition) is 6. The van der Waals surface area contributed by atoms with Gasteiger partial charge in [0.1, 0.15) is 10.6 Å². The zero-order chi connectivity index (χ0) is 17.4. The van der Waals surface area contributed by atoms with Crippen molar-refractivity contribution in [1.82, 2.24) is 14.4 Å². The van der Waals surface area contributed by atoms with Gasteiger partial charge in [0.2, 0.25) is 0 Å². The van der Waals surface area contributed by atoms with Crippen molar-refractivity contribution in [3.05, 3.63) is 52.6 Å². The Balaban J connectivity index is 1.65. The van der Waals surface area contributed by atoms with E-state index in [4.69, 9.17) is 4.74 Å². The van der Waals surface area contributed by atoms with Crippen LogP contribution in [0.1, 0.15) is 15.4 Å². The highest BCUT2D eigenvalue weighted by molar-refractivity contribution is 7.19. The number of nitrogens with one attached hydrogen (secondary N) is 1. The Morgan fingerprint density at radius 1 is 1.28 bits per heavy atom. The Kier molecular flexibility index (Phi) is 3.98. The van der Waals surface area contributed by atoms with Crippen molar-refractivity contribution >= 4 is 38.7 Å². The first-order valence-corrected chi connectivity index (χ1v) is 9.19. The molecule has 25 heavy (non-hydrogen) atoms. The molecule has 8 heteroatoms. The first-order chi connectivity index (χ1) is 12.2. The van der Waals surface area contributed by atoms with E-state index in [0.717, 1.165) is 27.7 Å². The fraction of sp³-hybridized carbons (Fsp3) is 0.118. The summed E-state index contributed by atoms with van der Waals surface area (Å²) in [6, 6.07) is 7.75. The highest BCUT2D eigenvalue weighted by Crippen LogP contribution is 2.28. The summed E-state index contributed by atoms with van der Waals surface area (Å²) in [6.07, 6.45) is 3.61. The zero-order valence-corrected chi connectivity index (χ0v) is 15.1. The first-order valence-electron chi connectivity index (χ1n) is 7.49. The molecule has 126 valence electrons. The van der Waals surface area contributed by atoms with E-state index in [-0.39, 0.29) is 5.91 Å². The number of aromatic nitrogens is 3. The van der Waals surface area contributed by atoms with Gasteiger partial charge in [-0.3, -0.25) is 14.5 Å². The minimum absolute atomic E-state index is 0.158. The molecule has 0 atom stereocenters. The number of thiazole rings is 2. The molecule has 4 aromatic rings. The molecule has 0 unspecified atom stereocenters. The standard InChI is InChI=1S/C17H14N4O2S2/c1-10-14(15(22)20-16-18-7-8-24-16)25-17-19-13(9-21(10)17)11-3-5-12(23-2)6-4-11/h3-9H,1-2H3,(H,18,20,22). The third kappa shape index (κ3) is 2.90. The maximum Gasteiger partial charge on any atom is 0.269 e. The minimum atomic E-state index is -0.158. The molecule has 1 amide bonds. The molecule has 0 aliphatic carbocycles. The molecule has 0 radical (unpaired) electrons. The SMILES string of the molecule is COc1ccc(-c2cn3c(C)c(C(=O)Nc4nccs4)sc3n2)cc1. The second kappa shape index (κ2) is 6.30. The van der Waals surface area contributed by atoms with Crippen molar-refractivity contribution in [3.8, 4) is 17.0 Å². The zero-order valence-electron chi connectivity index (χ0n) is 13.5. The van der Waals surface area contributed by atoms with Gasteiger partial charge in [0.25, 0.3) is 5.91 Å². The number of amides is 1. The van der Waals surface area contributed by atoms with Crippen LogP contribution in [0.15, 0.2) is 42.0 Å². The molecule has 4 rings (SSSR count). The van der Waals surface area contributed by atoms with Crippen LogP contribution in [0, 0.1) is 6.92 Å². The van der Waals surface area contributed by atoms with Gasteiger partial charge in [0, 0.05) is 29.0 Å². The number of anilines is 1. The van der Waals surface area contributed by atoms with Crippen LogP contribution in [0.5, 0.6) is 5.75 Å². The van der Waals surface area contributed by atoms with Gasteiger partial charge in [-0.25, -0.2) is 9.97 Å². The van der Waals surface area contributed by atoms with Gasteiger partial charge in [0.15, 0.2) is 10.1 Å². The van der Waals surface area contributed by atoms with Gasteiger partial charge in [0.05, 0.1) is 12.8 Å². The number of fused-ring (bicyclic) bond motifs is 1. The number of benzene rings is 1. The van der Waals surface area contributed by atoms with Crippen LogP contribution in [-0.4, -0.2) is 27.4 Å². The topological polar surface area (TPSA) is 68.5 Å². The van der Waals surface area contributed by atoms with E-state index >= 15 is 0 Å². The molecule has 0 bridgehead atoms. The van der Waals surface area contributed by atoms with Crippen molar-refractivity contribution in [1.29, 1.82) is 0 Å². The summed E-state index contributed by atoms with van der Waals surface area (Å²) in [5.74, 6) is 0.649. The molecule has 3 heterocycles. The predicted molar refractivity (Wildman–Crippen MR) is 99.9 cm³/mol. The third-order valence-corrected chi connectivity index (χ3v) is 5.65. The third-order valence-electron chi connectivity index (χ3n) is 3.80. The highest BCUT2D eigenvalue weighted by atomic mass is 32.1. The summed E-state index contributed by atoms with van der Waals surface area (Å²) >= 11 is 2.76. The molecular weight excluding hydrogens is 356 g/mol. The highest BCUT2D eigenvalue weighted by Gasteiger charge is 2.18. The van der Waals surface area contributed by atoms with Gasteiger partial charge in [-0.05, 0) is 31.2 Å². The smallest absolute Gasteiger partial charge is 0.269 e. The van der Waals surface area contributed by atoms with E-state index in [9.17, 15) is 4.79 Å². The van der Waals surface area contributed by atoms with Crippen LogP contribution in [0.25, 0.3) is 16.2 Å². The monoisotopic (exact) mass is 370 g/mol. The van der Waals surface area contributed by atoms with Crippen LogP contribution < -0.4 is 10.1 Å². The number of carbonyl (C=O) groups excluding carboxylic acids is 1. The average molecular weight is 370 g/mol. The number of methoxy groups -OCH3 is 1. The minimum Gasteiger partial charge on any atom is -0.497 e. The van der Waals surface area contributed by atoms with Crippen molar-refractivity contribution in [2.75, 3.05) is 12.4 Å². The molecule has 1 aromatic carbocycles. The van der Waals surface area contributed by atoms with Crippen molar-refractivity contribution in [2.45, 2.75) is 6.92 Å². The molecule has 0 fully saturated rings. The van der Waals surface area contributed by atoms with Crippen LogP contribution >= 0.6 is 22.7 Å². The molecule has 0 saturated carbocycles. The van der Waals surface area contributed by atoms with E-state index in [1.54, 1.807) is 13.3 Å². The summed E-state index contributed by atoms with van der Waals surface area (Å²) in [4.78, 5) is 22.6. The number of carbonyl (C=O) groups is 1. The van der Waals surface area contributed by atoms with Gasteiger partial charge < -0.3 is 4.74 Å². The molecule has 3 aromatic heterocycles. The van der Waals surface area contributed by atoms with E-state index < -0.39 is 0 Å². The Morgan fingerprint density at radius 3 is 2.72 bits per heavy atom. The van der Waals surface area contributed by atoms with E-state index in [1.165, 1.54) is 22.7 Å². The Morgan fingerprint density at radius 2 is 2.08 bits per heavy atom. The molecule has 0 spiro atoms. The maximum atomic E-state index is 12.4. The number of imidazole rings is 1. The van der Waals surface area contributed by atoms with Crippen molar-refractivity contribution in [2.24, 2.45) is 0 Å². The quantitative estimate of drug-likeness (QED) is 0.587. The Labute approximate surface area is 151 Å². The first kappa shape index (κ1) is 15.8. The van der Waals surface area contributed by atoms with Gasteiger partial charge in [-0.15, -0.1) is 11.3 Å².